The summed E-state index contributed by atoms with van der Waals surface area (Å²) < 4.78 is 61.0. The Balaban J connectivity index is 4.95. The van der Waals surface area contributed by atoms with Crippen LogP contribution in [0.4, 0.5) is 4.39 Å². The van der Waals surface area contributed by atoms with Crippen LogP contribution in [0.25, 0.3) is 0 Å². The molecule has 0 aromatic carbocycles. The van der Waals surface area contributed by atoms with Crippen molar-refractivity contribution in [3.63, 3.8) is 0 Å². The number of hydrogen-bond donors (Lipinski definition) is 5. The first kappa shape index (κ1) is 22.6. The normalized spacial score (nSPS) is 22.4. The fraction of sp³-hybridized carbons (Fsp3) is 1.00. The van der Waals surface area contributed by atoms with E-state index in [-0.39, 0.29) is 0 Å². The van der Waals surface area contributed by atoms with E-state index < -0.39 is 47.9 Å². The molecule has 5 N–H and O–H groups in total. The molecule has 134 valence electrons. The molecule has 12 nitrogen and oxygen atoms in total. The van der Waals surface area contributed by atoms with Crippen molar-refractivity contribution in [2.45, 2.75) is 11.2 Å². The Morgan fingerprint density at radius 3 is 1.95 bits per heavy atom. The van der Waals surface area contributed by atoms with Crippen LogP contribution >= 0.6 is 35.1 Å². The summed E-state index contributed by atoms with van der Waals surface area (Å²) in [5, 5.41) is 9.12. The van der Waals surface area contributed by atoms with Crippen molar-refractivity contribution in [3.05, 3.63) is 0 Å². The zero-order valence-corrected chi connectivity index (χ0v) is 14.1. The van der Waals surface area contributed by atoms with Gasteiger partial charge in [0.15, 0.2) is 11.2 Å². The maximum atomic E-state index is 12.8. The first-order valence-electron chi connectivity index (χ1n) is 4.90. The molecule has 0 saturated carbocycles. The molecule has 0 amide bonds. The van der Waals surface area contributed by atoms with Crippen LogP contribution in [0.5, 0.6) is 0 Å². The van der Waals surface area contributed by atoms with Crippen molar-refractivity contribution in [2.24, 2.45) is 0 Å². The molecular formula is C5H13ClFO12P3. The molecule has 0 aliphatic rings. The molecule has 2 unspecified atom stereocenters. The number of hydrogen-bond acceptors (Lipinski definition) is 8. The Bertz CT molecular complexity index is 501. The Kier molecular flexibility index (Phi) is 8.29. The average Bonchev–Trinajstić information content (AvgIpc) is 2.25. The first-order chi connectivity index (χ1) is 9.69. The molecule has 0 spiro atoms. The number of alkyl halides is 2. The van der Waals surface area contributed by atoms with E-state index in [1.165, 1.54) is 0 Å². The number of aliphatic hydroxyl groups excluding tert-OH is 1. The summed E-state index contributed by atoms with van der Waals surface area (Å²) in [6, 6.07) is 0. The fourth-order valence-corrected chi connectivity index (χ4v) is 4.16. The predicted octanol–water partition coefficient (Wildman–Crippen LogP) is 0.242. The topological polar surface area (TPSA) is 189 Å². The summed E-state index contributed by atoms with van der Waals surface area (Å²) in [5.41, 5.74) is -4.33. The van der Waals surface area contributed by atoms with Crippen LogP contribution in [-0.2, 0) is 31.6 Å². The minimum atomic E-state index is -5.69. The van der Waals surface area contributed by atoms with Gasteiger partial charge in [-0.15, -0.1) is 0 Å². The molecule has 22 heavy (non-hydrogen) atoms. The maximum absolute atomic E-state index is 12.8. The van der Waals surface area contributed by atoms with E-state index in [2.05, 4.69) is 17.9 Å². The Morgan fingerprint density at radius 1 is 1.14 bits per heavy atom. The third-order valence-corrected chi connectivity index (χ3v) is 6.14. The largest absolute Gasteiger partial charge is 0.490 e. The maximum Gasteiger partial charge on any atom is 0.490 e. The number of phosphoric acid groups is 3. The second kappa shape index (κ2) is 8.09. The van der Waals surface area contributed by atoms with Gasteiger partial charge in [-0.1, -0.05) is 11.6 Å². The Hall–Kier alpha value is 0.550. The summed E-state index contributed by atoms with van der Waals surface area (Å²) in [6.45, 7) is -2.70. The summed E-state index contributed by atoms with van der Waals surface area (Å²) >= 11 is 5.22. The minimum absolute atomic E-state index is 0.880. The van der Waals surface area contributed by atoms with E-state index in [4.69, 9.17) is 36.3 Å². The second-order valence-corrected chi connectivity index (χ2v) is 8.44. The monoisotopic (exact) mass is 412 g/mol. The van der Waals surface area contributed by atoms with Gasteiger partial charge in [0.1, 0.15) is 6.67 Å². The van der Waals surface area contributed by atoms with Crippen LogP contribution in [-0.4, -0.2) is 56.2 Å². The summed E-state index contributed by atoms with van der Waals surface area (Å²) in [6.07, 6.45) is 0. The van der Waals surface area contributed by atoms with Gasteiger partial charge in [-0.25, -0.2) is 18.1 Å². The molecule has 0 bridgehead atoms. The number of ether oxygens (including phenoxy) is 1. The van der Waals surface area contributed by atoms with Crippen LogP contribution in [0.2, 0.25) is 0 Å². The highest BCUT2D eigenvalue weighted by molar-refractivity contribution is 7.66. The van der Waals surface area contributed by atoms with E-state index in [1.807, 2.05) is 0 Å². The molecule has 0 aliphatic carbocycles. The molecule has 0 rings (SSSR count). The second-order valence-electron chi connectivity index (χ2n) is 3.60. The van der Waals surface area contributed by atoms with Crippen molar-refractivity contribution < 1.29 is 60.6 Å². The van der Waals surface area contributed by atoms with E-state index in [0.29, 0.717) is 0 Å². The lowest BCUT2D eigenvalue weighted by Gasteiger charge is -2.30. The van der Waals surface area contributed by atoms with Gasteiger partial charge in [0.25, 0.3) is 0 Å². The number of methoxy groups -OCH3 is 1. The van der Waals surface area contributed by atoms with Gasteiger partial charge in [0.2, 0.25) is 0 Å². The molecule has 17 heteroatoms. The zero-order chi connectivity index (χ0) is 17.8. The van der Waals surface area contributed by atoms with Crippen LogP contribution in [0.1, 0.15) is 0 Å². The molecule has 0 saturated heterocycles. The van der Waals surface area contributed by atoms with E-state index >= 15 is 0 Å². The lowest BCUT2D eigenvalue weighted by Crippen LogP contribution is -2.47. The quantitative estimate of drug-likeness (QED) is 0.243. The predicted molar refractivity (Wildman–Crippen MR) is 67.4 cm³/mol. The van der Waals surface area contributed by atoms with Gasteiger partial charge in [-0.2, -0.15) is 8.62 Å². The van der Waals surface area contributed by atoms with Gasteiger partial charge in [-0.3, -0.25) is 4.52 Å². The molecule has 0 aliphatic heterocycles. The number of phosphoric ester groups is 1. The minimum Gasteiger partial charge on any atom is -0.374 e. The number of rotatable bonds is 10. The van der Waals surface area contributed by atoms with Gasteiger partial charge < -0.3 is 29.4 Å². The SMILES string of the molecule is CO[C@](CF)(COP(=O)(O)OP(=O)(O)OP(=O)(O)O)[C@@H](O)Cl. The third kappa shape index (κ3) is 7.89. The van der Waals surface area contributed by atoms with Gasteiger partial charge >= 0.3 is 23.5 Å². The zero-order valence-electron chi connectivity index (χ0n) is 10.7. The van der Waals surface area contributed by atoms with Gasteiger partial charge in [0.05, 0.1) is 6.61 Å². The highest BCUT2D eigenvalue weighted by Crippen LogP contribution is 2.66. The molecule has 0 aromatic heterocycles. The molecule has 0 fully saturated rings. The van der Waals surface area contributed by atoms with Crippen molar-refractivity contribution in [1.29, 1.82) is 0 Å². The first-order valence-corrected chi connectivity index (χ1v) is 9.86. The third-order valence-electron chi connectivity index (χ3n) is 1.95. The smallest absolute Gasteiger partial charge is 0.374 e. The van der Waals surface area contributed by atoms with Crippen molar-refractivity contribution in [3.8, 4) is 0 Å². The number of aliphatic hydroxyl groups is 1. The molecule has 0 heterocycles. The summed E-state index contributed by atoms with van der Waals surface area (Å²) in [4.78, 5) is 34.6. The fourth-order valence-electron chi connectivity index (χ4n) is 0.876. The van der Waals surface area contributed by atoms with E-state index in [1.54, 1.807) is 0 Å². The highest BCUT2D eigenvalue weighted by Gasteiger charge is 2.44. The average molecular weight is 413 g/mol. The van der Waals surface area contributed by atoms with Crippen LogP contribution in [0.3, 0.4) is 0 Å². The Morgan fingerprint density at radius 2 is 1.64 bits per heavy atom. The van der Waals surface area contributed by atoms with Crippen molar-refractivity contribution in [1.82, 2.24) is 0 Å². The number of halogens is 2. The van der Waals surface area contributed by atoms with E-state index in [9.17, 15) is 18.1 Å². The van der Waals surface area contributed by atoms with Crippen molar-refractivity contribution in [2.75, 3.05) is 20.4 Å². The molecule has 0 radical (unpaired) electrons. The highest BCUT2D eigenvalue weighted by atomic mass is 35.5. The Labute approximate surface area is 128 Å². The summed E-state index contributed by atoms with van der Waals surface area (Å²) in [7, 11) is -15.8. The lowest BCUT2D eigenvalue weighted by molar-refractivity contribution is -0.110. The lowest BCUT2D eigenvalue weighted by atomic mass is 10.1. The summed E-state index contributed by atoms with van der Waals surface area (Å²) in [5.74, 6) is 0. The molecule has 4 atom stereocenters. The van der Waals surface area contributed by atoms with E-state index in [0.717, 1.165) is 7.11 Å². The standard InChI is InChI=1S/C5H13ClFO12P3/c1-16-5(2-7,4(6)8)3-17-21(12,13)19-22(14,15)18-20(9,10)11/h4,8H,2-3H2,1H3,(H,12,13)(H,14,15)(H2,9,10,11)/t4-,5-/m1/s1. The van der Waals surface area contributed by atoms with Crippen LogP contribution in [0.15, 0.2) is 0 Å². The van der Waals surface area contributed by atoms with Gasteiger partial charge in [-0.05, 0) is 0 Å². The van der Waals surface area contributed by atoms with Crippen LogP contribution < -0.4 is 0 Å². The van der Waals surface area contributed by atoms with Crippen molar-refractivity contribution >= 4 is 35.1 Å². The molecular weight excluding hydrogens is 399 g/mol. The molecule has 0 aromatic rings. The van der Waals surface area contributed by atoms with Gasteiger partial charge in [0, 0.05) is 7.11 Å². The van der Waals surface area contributed by atoms with Crippen LogP contribution in [0, 0.1) is 0 Å².